The Kier molecular flexibility index (Phi) is 10.1. The summed E-state index contributed by atoms with van der Waals surface area (Å²) in [5, 5.41) is 21.2. The maximum atomic E-state index is 13.3. The third-order valence-corrected chi connectivity index (χ3v) is 6.85. The number of aliphatic hydroxyl groups excluding tert-OH is 1. The van der Waals surface area contributed by atoms with Gasteiger partial charge in [-0.15, -0.1) is 0 Å². The smallest absolute Gasteiger partial charge is 0.390 e. The van der Waals surface area contributed by atoms with Crippen molar-refractivity contribution >= 4 is 11.8 Å². The van der Waals surface area contributed by atoms with Crippen LogP contribution in [0.25, 0.3) is 0 Å². The number of halogens is 3. The van der Waals surface area contributed by atoms with Crippen LogP contribution in [0, 0.1) is 0 Å². The van der Waals surface area contributed by atoms with Gasteiger partial charge in [0, 0.05) is 38.8 Å². The Balaban J connectivity index is 1.45. The van der Waals surface area contributed by atoms with Gasteiger partial charge in [0.2, 0.25) is 0 Å². The number of nitrogens with one attached hydrogen (secondary N) is 2. The second-order valence-electron chi connectivity index (χ2n) is 9.80. The Morgan fingerprint density at radius 2 is 1.76 bits per heavy atom. The van der Waals surface area contributed by atoms with Crippen molar-refractivity contribution in [2.75, 3.05) is 32.8 Å². The van der Waals surface area contributed by atoms with Crippen molar-refractivity contribution < 1.29 is 32.6 Å². The number of carbonyl (C=O) groups is 2. The van der Waals surface area contributed by atoms with E-state index in [-0.39, 0.29) is 24.7 Å². The molecule has 1 saturated heterocycles. The van der Waals surface area contributed by atoms with Gasteiger partial charge in [0.05, 0.1) is 30.9 Å². The average Bonchev–Trinajstić information content (AvgIpc) is 3.42. The van der Waals surface area contributed by atoms with E-state index >= 15 is 0 Å². The van der Waals surface area contributed by atoms with Gasteiger partial charge >= 0.3 is 6.18 Å². The number of amides is 2. The molecular formula is C29H34F3N5O4. The van der Waals surface area contributed by atoms with Gasteiger partial charge < -0.3 is 25.4 Å². The zero-order chi connectivity index (χ0) is 29.4. The van der Waals surface area contributed by atoms with E-state index < -0.39 is 29.8 Å². The number of morpholine rings is 1. The van der Waals surface area contributed by atoms with Crippen LogP contribution in [-0.4, -0.2) is 76.6 Å². The quantitative estimate of drug-likeness (QED) is 0.326. The van der Waals surface area contributed by atoms with Crippen molar-refractivity contribution in [2.45, 2.75) is 44.8 Å². The van der Waals surface area contributed by atoms with Crippen molar-refractivity contribution in [1.29, 1.82) is 0 Å². The van der Waals surface area contributed by atoms with Gasteiger partial charge in [0.15, 0.2) is 5.69 Å². The molecule has 41 heavy (non-hydrogen) atoms. The van der Waals surface area contributed by atoms with Crippen LogP contribution in [0.3, 0.4) is 0 Å². The average molecular weight is 574 g/mol. The molecule has 1 aromatic heterocycles. The lowest BCUT2D eigenvalue weighted by atomic mass is 10.0. The first-order valence-electron chi connectivity index (χ1n) is 13.5. The van der Waals surface area contributed by atoms with Crippen LogP contribution in [0.2, 0.25) is 0 Å². The summed E-state index contributed by atoms with van der Waals surface area (Å²) in [6.07, 6.45) is -5.22. The molecule has 9 nitrogen and oxygen atoms in total. The first-order chi connectivity index (χ1) is 19.7. The minimum atomic E-state index is -4.45. The van der Waals surface area contributed by atoms with Crippen LogP contribution in [0.1, 0.15) is 44.6 Å². The molecule has 0 unspecified atom stereocenters. The summed E-state index contributed by atoms with van der Waals surface area (Å²) in [4.78, 5) is 28.0. The van der Waals surface area contributed by atoms with Gasteiger partial charge in [-0.2, -0.15) is 18.3 Å². The monoisotopic (exact) mass is 573 g/mol. The summed E-state index contributed by atoms with van der Waals surface area (Å²) in [5.41, 5.74) is 0.882. The highest BCUT2D eigenvalue weighted by Gasteiger charge is 2.30. The predicted octanol–water partition coefficient (Wildman–Crippen LogP) is 2.89. The lowest BCUT2D eigenvalue weighted by Gasteiger charge is -2.26. The number of benzene rings is 2. The summed E-state index contributed by atoms with van der Waals surface area (Å²) in [6, 6.07) is 15.0. The van der Waals surface area contributed by atoms with E-state index in [9.17, 15) is 27.9 Å². The molecule has 1 aliphatic rings. The number of rotatable bonds is 11. The molecule has 3 N–H and O–H groups in total. The number of aryl methyl sites for hydroxylation is 1. The molecule has 220 valence electrons. The molecule has 0 saturated carbocycles. The molecule has 0 spiro atoms. The van der Waals surface area contributed by atoms with Gasteiger partial charge in [-0.05, 0) is 30.5 Å². The van der Waals surface area contributed by atoms with Crippen LogP contribution < -0.4 is 10.6 Å². The lowest BCUT2D eigenvalue weighted by Crippen LogP contribution is -2.48. The number of carbonyl (C=O) groups excluding carboxylic acids is 2. The minimum absolute atomic E-state index is 0.0121. The van der Waals surface area contributed by atoms with Gasteiger partial charge in [0.25, 0.3) is 11.8 Å². The highest BCUT2D eigenvalue weighted by atomic mass is 19.4. The Hall–Kier alpha value is -3.74. The number of alkyl halides is 3. The molecule has 2 aromatic carbocycles. The van der Waals surface area contributed by atoms with Crippen LogP contribution >= 0.6 is 0 Å². The van der Waals surface area contributed by atoms with E-state index in [1.807, 2.05) is 37.3 Å². The second kappa shape index (κ2) is 13.7. The van der Waals surface area contributed by atoms with E-state index in [2.05, 4.69) is 15.7 Å². The SMILES string of the molecule is CCn1nc(C(=O)N[C@@H](Cc2ccccc2)[C@H](O)CNCc2cccc(C(F)(F)F)c2)cc1C(=O)N1CCOCC1. The summed E-state index contributed by atoms with van der Waals surface area (Å²) < 4.78 is 45.9. The van der Waals surface area contributed by atoms with Crippen LogP contribution in [0.5, 0.6) is 0 Å². The van der Waals surface area contributed by atoms with E-state index in [1.54, 1.807) is 11.0 Å². The van der Waals surface area contributed by atoms with Gasteiger partial charge in [0.1, 0.15) is 5.69 Å². The fourth-order valence-corrected chi connectivity index (χ4v) is 4.63. The zero-order valence-corrected chi connectivity index (χ0v) is 22.7. The Labute approximate surface area is 236 Å². The number of nitrogens with zero attached hydrogens (tertiary/aromatic N) is 3. The molecule has 2 amide bonds. The molecule has 0 aliphatic carbocycles. The first-order valence-corrected chi connectivity index (χ1v) is 13.5. The number of aromatic nitrogens is 2. The normalized spacial score (nSPS) is 15.4. The van der Waals surface area contributed by atoms with Crippen LogP contribution in [0.4, 0.5) is 13.2 Å². The lowest BCUT2D eigenvalue weighted by molar-refractivity contribution is -0.137. The maximum absolute atomic E-state index is 13.3. The Morgan fingerprint density at radius 1 is 1.05 bits per heavy atom. The molecule has 1 fully saturated rings. The van der Waals surface area contributed by atoms with Gasteiger partial charge in [-0.1, -0.05) is 48.5 Å². The Morgan fingerprint density at radius 3 is 2.44 bits per heavy atom. The molecular weight excluding hydrogens is 539 g/mol. The molecule has 3 aromatic rings. The van der Waals surface area contributed by atoms with Gasteiger partial charge in [-0.3, -0.25) is 14.3 Å². The van der Waals surface area contributed by atoms with Crippen molar-refractivity contribution in [3.8, 4) is 0 Å². The van der Waals surface area contributed by atoms with E-state index in [4.69, 9.17) is 4.74 Å². The fourth-order valence-electron chi connectivity index (χ4n) is 4.63. The number of aliphatic hydroxyl groups is 1. The Bertz CT molecular complexity index is 1310. The number of ether oxygens (including phenoxy) is 1. The summed E-state index contributed by atoms with van der Waals surface area (Å²) in [7, 11) is 0. The fraction of sp³-hybridized carbons (Fsp3) is 0.414. The minimum Gasteiger partial charge on any atom is -0.390 e. The first kappa shape index (κ1) is 30.2. The summed E-state index contributed by atoms with van der Waals surface area (Å²) in [5.74, 6) is -0.785. The number of hydrogen-bond donors (Lipinski definition) is 3. The molecule has 2 heterocycles. The third kappa shape index (κ3) is 8.15. The highest BCUT2D eigenvalue weighted by Crippen LogP contribution is 2.29. The standard InChI is InChI=1S/C29H34F3N5O4/c1-2-37-25(28(40)36-11-13-41-14-12-36)17-24(35-37)27(39)34-23(16-20-7-4-3-5-8-20)26(38)19-33-18-21-9-6-10-22(15-21)29(30,31)32/h3-10,15,17,23,26,33,38H,2,11-14,16,18-19H2,1H3,(H,34,39)/t23-,26+/m0/s1. The van der Waals surface area contributed by atoms with E-state index in [1.165, 1.54) is 16.8 Å². The molecule has 12 heteroatoms. The van der Waals surface area contributed by atoms with Crippen LogP contribution in [-0.2, 0) is 30.4 Å². The predicted molar refractivity (Wildman–Crippen MR) is 145 cm³/mol. The van der Waals surface area contributed by atoms with Crippen molar-refractivity contribution in [3.63, 3.8) is 0 Å². The molecule has 0 radical (unpaired) electrons. The summed E-state index contributed by atoms with van der Waals surface area (Å²) >= 11 is 0. The molecule has 0 bridgehead atoms. The molecule has 2 atom stereocenters. The van der Waals surface area contributed by atoms with E-state index in [0.717, 1.165) is 17.7 Å². The number of hydrogen-bond acceptors (Lipinski definition) is 6. The summed E-state index contributed by atoms with van der Waals surface area (Å²) in [6.45, 7) is 4.11. The largest absolute Gasteiger partial charge is 0.416 e. The van der Waals surface area contributed by atoms with Gasteiger partial charge in [-0.25, -0.2) is 0 Å². The van der Waals surface area contributed by atoms with Crippen molar-refractivity contribution in [1.82, 2.24) is 25.3 Å². The van der Waals surface area contributed by atoms with Crippen molar-refractivity contribution in [3.05, 3.63) is 88.7 Å². The second-order valence-corrected chi connectivity index (χ2v) is 9.80. The maximum Gasteiger partial charge on any atom is 0.416 e. The highest BCUT2D eigenvalue weighted by molar-refractivity contribution is 5.98. The topological polar surface area (TPSA) is 109 Å². The van der Waals surface area contributed by atoms with Crippen molar-refractivity contribution in [2.24, 2.45) is 0 Å². The van der Waals surface area contributed by atoms with E-state index in [0.29, 0.717) is 50.5 Å². The third-order valence-electron chi connectivity index (χ3n) is 6.85. The molecule has 1 aliphatic heterocycles. The molecule has 4 rings (SSSR count). The van der Waals surface area contributed by atoms with Crippen LogP contribution in [0.15, 0.2) is 60.7 Å². The zero-order valence-electron chi connectivity index (χ0n) is 22.7.